The molecule has 21 heavy (non-hydrogen) atoms. The van der Waals surface area contributed by atoms with Crippen LogP contribution in [0.2, 0.25) is 0 Å². The van der Waals surface area contributed by atoms with Gasteiger partial charge in [-0.1, -0.05) is 18.2 Å². The molecule has 0 spiro atoms. The standard InChI is InChI=1S/C16H26N2O2S/c1-12-6-4-5-7-15(12)18-16(20)10-13(2)17-14(8-9-19)11-21-3/h4-7,13-14,17,19H,8-11H2,1-3H3,(H,18,20). The molecular formula is C16H26N2O2S. The van der Waals surface area contributed by atoms with E-state index in [2.05, 4.69) is 10.6 Å². The number of amides is 1. The number of aliphatic hydroxyl groups excluding tert-OH is 1. The van der Waals surface area contributed by atoms with E-state index in [0.717, 1.165) is 17.0 Å². The van der Waals surface area contributed by atoms with Crippen LogP contribution in [-0.4, -0.2) is 41.7 Å². The maximum atomic E-state index is 12.1. The van der Waals surface area contributed by atoms with Gasteiger partial charge in [0, 0.05) is 36.6 Å². The lowest BCUT2D eigenvalue weighted by Crippen LogP contribution is -2.40. The zero-order valence-corrected chi connectivity index (χ0v) is 13.9. The normalized spacial score (nSPS) is 13.7. The van der Waals surface area contributed by atoms with Crippen LogP contribution in [0.25, 0.3) is 0 Å². The molecule has 1 amide bonds. The molecule has 2 unspecified atom stereocenters. The van der Waals surface area contributed by atoms with Crippen LogP contribution in [0.5, 0.6) is 0 Å². The predicted octanol–water partition coefficient (Wildman–Crippen LogP) is 2.42. The first-order chi connectivity index (χ1) is 10.1. The van der Waals surface area contributed by atoms with Gasteiger partial charge in [-0.25, -0.2) is 0 Å². The molecule has 3 N–H and O–H groups in total. The molecule has 0 heterocycles. The average molecular weight is 310 g/mol. The van der Waals surface area contributed by atoms with Crippen molar-refractivity contribution in [3.8, 4) is 0 Å². The van der Waals surface area contributed by atoms with Crippen LogP contribution >= 0.6 is 11.8 Å². The monoisotopic (exact) mass is 310 g/mol. The molecule has 0 fully saturated rings. The van der Waals surface area contributed by atoms with Crippen molar-refractivity contribution in [2.24, 2.45) is 0 Å². The highest BCUT2D eigenvalue weighted by atomic mass is 32.2. The van der Waals surface area contributed by atoms with Crippen molar-refractivity contribution in [1.29, 1.82) is 0 Å². The molecule has 0 aliphatic rings. The summed E-state index contributed by atoms with van der Waals surface area (Å²) in [6, 6.07) is 8.08. The van der Waals surface area contributed by atoms with Crippen molar-refractivity contribution >= 4 is 23.4 Å². The van der Waals surface area contributed by atoms with E-state index in [-0.39, 0.29) is 24.6 Å². The lowest BCUT2D eigenvalue weighted by atomic mass is 10.1. The van der Waals surface area contributed by atoms with E-state index in [1.165, 1.54) is 0 Å². The number of aliphatic hydroxyl groups is 1. The van der Waals surface area contributed by atoms with E-state index in [4.69, 9.17) is 5.11 Å². The van der Waals surface area contributed by atoms with Gasteiger partial charge in [0.1, 0.15) is 0 Å². The van der Waals surface area contributed by atoms with Crippen molar-refractivity contribution in [1.82, 2.24) is 5.32 Å². The summed E-state index contributed by atoms with van der Waals surface area (Å²) in [5, 5.41) is 15.4. The van der Waals surface area contributed by atoms with Gasteiger partial charge >= 0.3 is 0 Å². The number of carbonyl (C=O) groups is 1. The van der Waals surface area contributed by atoms with Gasteiger partial charge in [-0.2, -0.15) is 11.8 Å². The number of hydrogen-bond donors (Lipinski definition) is 3. The number of anilines is 1. The number of rotatable bonds is 9. The van der Waals surface area contributed by atoms with Crippen molar-refractivity contribution in [2.75, 3.05) is 23.9 Å². The van der Waals surface area contributed by atoms with Gasteiger partial charge in [0.2, 0.25) is 5.91 Å². The zero-order valence-electron chi connectivity index (χ0n) is 13.1. The first-order valence-corrected chi connectivity index (χ1v) is 8.67. The van der Waals surface area contributed by atoms with Crippen LogP contribution in [0.15, 0.2) is 24.3 Å². The molecule has 0 saturated carbocycles. The SMILES string of the molecule is CSCC(CCO)NC(C)CC(=O)Nc1ccccc1C. The number of hydrogen-bond acceptors (Lipinski definition) is 4. The van der Waals surface area contributed by atoms with Crippen LogP contribution in [0.4, 0.5) is 5.69 Å². The van der Waals surface area contributed by atoms with Gasteiger partial charge in [-0.15, -0.1) is 0 Å². The topological polar surface area (TPSA) is 61.4 Å². The Kier molecular flexibility index (Phi) is 8.42. The lowest BCUT2D eigenvalue weighted by molar-refractivity contribution is -0.116. The summed E-state index contributed by atoms with van der Waals surface area (Å²) in [5.74, 6) is 0.945. The van der Waals surface area contributed by atoms with Gasteiger partial charge in [-0.05, 0) is 38.2 Å². The van der Waals surface area contributed by atoms with Crippen LogP contribution in [0.1, 0.15) is 25.3 Å². The fourth-order valence-electron chi connectivity index (χ4n) is 2.23. The number of aryl methyl sites for hydroxylation is 1. The van der Waals surface area contributed by atoms with Crippen molar-refractivity contribution < 1.29 is 9.90 Å². The van der Waals surface area contributed by atoms with Gasteiger partial charge in [0.15, 0.2) is 0 Å². The second-order valence-corrected chi connectivity index (χ2v) is 6.21. The summed E-state index contributed by atoms with van der Waals surface area (Å²) < 4.78 is 0. The summed E-state index contributed by atoms with van der Waals surface area (Å²) in [4.78, 5) is 12.1. The first-order valence-electron chi connectivity index (χ1n) is 7.28. The molecule has 5 heteroatoms. The Hall–Kier alpha value is -1.04. The largest absolute Gasteiger partial charge is 0.396 e. The summed E-state index contributed by atoms with van der Waals surface area (Å²) in [6.07, 6.45) is 3.18. The van der Waals surface area contributed by atoms with Gasteiger partial charge in [-0.3, -0.25) is 4.79 Å². The Labute approximate surface area is 131 Å². The maximum Gasteiger partial charge on any atom is 0.225 e. The van der Waals surface area contributed by atoms with Crippen LogP contribution < -0.4 is 10.6 Å². The number of para-hydroxylation sites is 1. The van der Waals surface area contributed by atoms with Crippen molar-refractivity contribution in [3.05, 3.63) is 29.8 Å². The molecule has 0 aliphatic heterocycles. The third-order valence-electron chi connectivity index (χ3n) is 3.28. The Bertz CT molecular complexity index is 434. The fourth-order valence-corrected chi connectivity index (χ4v) is 2.89. The average Bonchev–Trinajstić information content (AvgIpc) is 2.41. The molecule has 0 bridgehead atoms. The van der Waals surface area contributed by atoms with Gasteiger partial charge in [0.25, 0.3) is 0 Å². The highest BCUT2D eigenvalue weighted by molar-refractivity contribution is 7.98. The number of benzene rings is 1. The van der Waals surface area contributed by atoms with E-state index < -0.39 is 0 Å². The molecule has 0 aromatic heterocycles. The quantitative estimate of drug-likeness (QED) is 0.655. The van der Waals surface area contributed by atoms with Crippen molar-refractivity contribution in [3.63, 3.8) is 0 Å². The van der Waals surface area contributed by atoms with E-state index >= 15 is 0 Å². The van der Waals surface area contributed by atoms with Crippen LogP contribution in [0, 0.1) is 6.92 Å². The zero-order chi connectivity index (χ0) is 15.7. The van der Waals surface area contributed by atoms with E-state index in [1.807, 2.05) is 44.4 Å². The number of nitrogens with one attached hydrogen (secondary N) is 2. The number of thioether (sulfide) groups is 1. The van der Waals surface area contributed by atoms with E-state index in [0.29, 0.717) is 12.8 Å². The van der Waals surface area contributed by atoms with Gasteiger partial charge in [0.05, 0.1) is 0 Å². The molecule has 1 aromatic carbocycles. The molecular weight excluding hydrogens is 284 g/mol. The van der Waals surface area contributed by atoms with Crippen LogP contribution in [-0.2, 0) is 4.79 Å². The minimum absolute atomic E-state index is 0.0104. The smallest absolute Gasteiger partial charge is 0.225 e. The molecule has 4 nitrogen and oxygen atoms in total. The van der Waals surface area contributed by atoms with E-state index in [9.17, 15) is 4.79 Å². The van der Waals surface area contributed by atoms with Crippen LogP contribution in [0.3, 0.4) is 0 Å². The minimum atomic E-state index is 0.0104. The maximum absolute atomic E-state index is 12.1. The molecule has 1 aromatic rings. The Balaban J connectivity index is 2.44. The third-order valence-corrected chi connectivity index (χ3v) is 4.01. The number of carbonyl (C=O) groups excluding carboxylic acids is 1. The Morgan fingerprint density at radius 1 is 1.38 bits per heavy atom. The van der Waals surface area contributed by atoms with Gasteiger partial charge < -0.3 is 15.7 Å². The molecule has 118 valence electrons. The second kappa shape index (κ2) is 9.82. The second-order valence-electron chi connectivity index (χ2n) is 5.30. The fraction of sp³-hybridized carbons (Fsp3) is 0.562. The molecule has 0 radical (unpaired) electrons. The molecule has 0 aliphatic carbocycles. The molecule has 0 saturated heterocycles. The third kappa shape index (κ3) is 6.98. The Morgan fingerprint density at radius 3 is 2.71 bits per heavy atom. The Morgan fingerprint density at radius 2 is 2.10 bits per heavy atom. The summed E-state index contributed by atoms with van der Waals surface area (Å²) in [7, 11) is 0. The lowest BCUT2D eigenvalue weighted by Gasteiger charge is -2.22. The highest BCUT2D eigenvalue weighted by Crippen LogP contribution is 2.13. The highest BCUT2D eigenvalue weighted by Gasteiger charge is 2.14. The summed E-state index contributed by atoms with van der Waals surface area (Å²) in [5.41, 5.74) is 1.93. The van der Waals surface area contributed by atoms with Crippen molar-refractivity contribution in [2.45, 2.75) is 38.8 Å². The minimum Gasteiger partial charge on any atom is -0.396 e. The molecule has 2 atom stereocenters. The predicted molar refractivity (Wildman–Crippen MR) is 90.9 cm³/mol. The first kappa shape index (κ1) is 18.0. The summed E-state index contributed by atoms with van der Waals surface area (Å²) in [6.45, 7) is 4.15. The summed E-state index contributed by atoms with van der Waals surface area (Å²) >= 11 is 1.74. The molecule has 1 rings (SSSR count). The van der Waals surface area contributed by atoms with E-state index in [1.54, 1.807) is 11.8 Å².